The molecule has 0 aliphatic carbocycles. The summed E-state index contributed by atoms with van der Waals surface area (Å²) in [4.78, 5) is 14.2. The van der Waals surface area contributed by atoms with Gasteiger partial charge in [0.05, 0.1) is 5.60 Å². The highest BCUT2D eigenvalue weighted by Crippen LogP contribution is 2.25. The molecule has 2 unspecified atom stereocenters. The average Bonchev–Trinajstić information content (AvgIpc) is 2.26. The second kappa shape index (κ2) is 6.23. The molecule has 112 valence electrons. The molecule has 2 atom stereocenters. The molecule has 0 saturated carbocycles. The average molecular weight is 270 g/mol. The normalized spacial score (nSPS) is 26.3. The van der Waals surface area contributed by atoms with Gasteiger partial charge in [-0.25, -0.2) is 0 Å². The first-order valence-electron chi connectivity index (χ1n) is 7.24. The van der Waals surface area contributed by atoms with Crippen molar-refractivity contribution in [2.45, 2.75) is 65.0 Å². The lowest BCUT2D eigenvalue weighted by molar-refractivity contribution is -0.139. The zero-order chi connectivity index (χ0) is 14.7. The second-order valence-corrected chi connectivity index (χ2v) is 7.30. The van der Waals surface area contributed by atoms with E-state index in [1.165, 1.54) is 0 Å². The van der Waals surface area contributed by atoms with Crippen LogP contribution in [0.5, 0.6) is 0 Å². The molecule has 1 aliphatic heterocycles. The largest absolute Gasteiger partial charge is 0.377 e. The molecule has 19 heavy (non-hydrogen) atoms. The van der Waals surface area contributed by atoms with Gasteiger partial charge in [0.2, 0.25) is 5.91 Å². The fraction of sp³-hybridized carbons (Fsp3) is 0.933. The molecule has 1 rings (SSSR count). The first-order chi connectivity index (χ1) is 8.65. The fourth-order valence-electron chi connectivity index (χ4n) is 2.80. The van der Waals surface area contributed by atoms with Gasteiger partial charge >= 0.3 is 0 Å². The molecule has 0 aromatic carbocycles. The Morgan fingerprint density at radius 3 is 2.63 bits per heavy atom. The van der Waals surface area contributed by atoms with E-state index in [1.54, 1.807) is 7.11 Å². The van der Waals surface area contributed by atoms with Crippen molar-refractivity contribution < 1.29 is 9.53 Å². The Morgan fingerprint density at radius 2 is 2.11 bits per heavy atom. The summed E-state index contributed by atoms with van der Waals surface area (Å²) in [5.74, 6) is 0.166. The number of nitrogens with two attached hydrogens (primary N) is 1. The van der Waals surface area contributed by atoms with Crippen LogP contribution in [-0.2, 0) is 9.53 Å². The standard InChI is InChI=1S/C15H30N2O2/c1-14(2,3)10-12(16)9-13(18)17-8-6-7-15(4,11-17)19-5/h12H,6-11,16H2,1-5H3. The number of amides is 1. The van der Waals surface area contributed by atoms with Crippen molar-refractivity contribution in [3.8, 4) is 0 Å². The summed E-state index contributed by atoms with van der Waals surface area (Å²) < 4.78 is 5.52. The third-order valence-corrected chi connectivity index (χ3v) is 3.82. The van der Waals surface area contributed by atoms with Gasteiger partial charge in [-0.3, -0.25) is 4.79 Å². The molecular weight excluding hydrogens is 240 g/mol. The van der Waals surface area contributed by atoms with Crippen molar-refractivity contribution in [3.05, 3.63) is 0 Å². The highest BCUT2D eigenvalue weighted by molar-refractivity contribution is 5.77. The number of hydrogen-bond acceptors (Lipinski definition) is 3. The van der Waals surface area contributed by atoms with Crippen molar-refractivity contribution in [1.29, 1.82) is 0 Å². The topological polar surface area (TPSA) is 55.6 Å². The Labute approximate surface area is 117 Å². The quantitative estimate of drug-likeness (QED) is 0.851. The molecule has 1 amide bonds. The fourth-order valence-corrected chi connectivity index (χ4v) is 2.80. The van der Waals surface area contributed by atoms with E-state index in [2.05, 4.69) is 27.7 Å². The van der Waals surface area contributed by atoms with E-state index >= 15 is 0 Å². The second-order valence-electron chi connectivity index (χ2n) is 7.30. The summed E-state index contributed by atoms with van der Waals surface area (Å²) in [7, 11) is 1.72. The molecule has 2 N–H and O–H groups in total. The van der Waals surface area contributed by atoms with Crippen molar-refractivity contribution in [3.63, 3.8) is 0 Å². The monoisotopic (exact) mass is 270 g/mol. The van der Waals surface area contributed by atoms with Gasteiger partial charge in [-0.05, 0) is 31.6 Å². The maximum atomic E-state index is 12.3. The molecule has 0 bridgehead atoms. The van der Waals surface area contributed by atoms with Crippen molar-refractivity contribution in [1.82, 2.24) is 4.90 Å². The minimum absolute atomic E-state index is 0.0526. The minimum Gasteiger partial charge on any atom is -0.377 e. The summed E-state index contributed by atoms with van der Waals surface area (Å²) in [6.07, 6.45) is 3.33. The highest BCUT2D eigenvalue weighted by atomic mass is 16.5. The van der Waals surface area contributed by atoms with E-state index in [0.29, 0.717) is 13.0 Å². The van der Waals surface area contributed by atoms with E-state index in [0.717, 1.165) is 25.8 Å². The predicted octanol–water partition coefficient (Wildman–Crippen LogP) is 2.17. The molecule has 1 heterocycles. The van der Waals surface area contributed by atoms with Crippen molar-refractivity contribution >= 4 is 5.91 Å². The zero-order valence-electron chi connectivity index (χ0n) is 13.2. The number of hydrogen-bond donors (Lipinski definition) is 1. The highest BCUT2D eigenvalue weighted by Gasteiger charge is 2.33. The molecule has 1 aliphatic rings. The van der Waals surface area contributed by atoms with Crippen LogP contribution in [0.3, 0.4) is 0 Å². The van der Waals surface area contributed by atoms with Crippen molar-refractivity contribution in [2.75, 3.05) is 20.2 Å². The molecule has 4 heteroatoms. The molecule has 0 spiro atoms. The number of carbonyl (C=O) groups is 1. The number of rotatable bonds is 4. The SMILES string of the molecule is COC1(C)CCCN(C(=O)CC(N)CC(C)(C)C)C1. The van der Waals surface area contributed by atoms with Gasteiger partial charge in [-0.1, -0.05) is 20.8 Å². The van der Waals surface area contributed by atoms with Gasteiger partial charge in [0, 0.05) is 32.7 Å². The Kier molecular flexibility index (Phi) is 5.39. The van der Waals surface area contributed by atoms with Gasteiger partial charge in [0.25, 0.3) is 0 Å². The first-order valence-corrected chi connectivity index (χ1v) is 7.24. The van der Waals surface area contributed by atoms with Crippen LogP contribution < -0.4 is 5.73 Å². The lowest BCUT2D eigenvalue weighted by Gasteiger charge is -2.40. The first kappa shape index (κ1) is 16.4. The van der Waals surface area contributed by atoms with E-state index in [-0.39, 0.29) is 23.0 Å². The van der Waals surface area contributed by atoms with Crippen LogP contribution in [0.2, 0.25) is 0 Å². The van der Waals surface area contributed by atoms with Crippen LogP contribution in [0.1, 0.15) is 53.4 Å². The number of ether oxygens (including phenoxy) is 1. The van der Waals surface area contributed by atoms with E-state index in [1.807, 2.05) is 4.90 Å². The third kappa shape index (κ3) is 5.49. The van der Waals surface area contributed by atoms with Crippen LogP contribution >= 0.6 is 0 Å². The summed E-state index contributed by atoms with van der Waals surface area (Å²) in [5, 5.41) is 0. The molecule has 0 aromatic heterocycles. The molecule has 1 saturated heterocycles. The Balaban J connectivity index is 2.49. The number of piperidine rings is 1. The van der Waals surface area contributed by atoms with Gasteiger partial charge in [0.15, 0.2) is 0 Å². The van der Waals surface area contributed by atoms with Crippen LogP contribution in [-0.4, -0.2) is 42.6 Å². The number of likely N-dealkylation sites (tertiary alicyclic amines) is 1. The lowest BCUT2D eigenvalue weighted by Crippen LogP contribution is -2.50. The number of nitrogens with zero attached hydrogens (tertiary/aromatic N) is 1. The van der Waals surface area contributed by atoms with E-state index < -0.39 is 0 Å². The van der Waals surface area contributed by atoms with Gasteiger partial charge < -0.3 is 15.4 Å². The lowest BCUT2D eigenvalue weighted by atomic mass is 9.87. The van der Waals surface area contributed by atoms with Crippen molar-refractivity contribution in [2.24, 2.45) is 11.1 Å². The summed E-state index contributed by atoms with van der Waals surface area (Å²) in [5.41, 5.74) is 6.07. The van der Waals surface area contributed by atoms with Crippen LogP contribution in [0, 0.1) is 5.41 Å². The molecule has 0 radical (unpaired) electrons. The third-order valence-electron chi connectivity index (χ3n) is 3.82. The van der Waals surface area contributed by atoms with Gasteiger partial charge in [0.1, 0.15) is 0 Å². The Hall–Kier alpha value is -0.610. The maximum absolute atomic E-state index is 12.3. The summed E-state index contributed by atoms with van der Waals surface area (Å²) in [6, 6.07) is -0.0526. The maximum Gasteiger partial charge on any atom is 0.224 e. The molecule has 0 aromatic rings. The minimum atomic E-state index is -0.192. The smallest absolute Gasteiger partial charge is 0.224 e. The van der Waals surface area contributed by atoms with E-state index in [9.17, 15) is 4.79 Å². The van der Waals surface area contributed by atoms with Crippen LogP contribution in [0.4, 0.5) is 0 Å². The van der Waals surface area contributed by atoms with Gasteiger partial charge in [-0.2, -0.15) is 0 Å². The Bertz CT molecular complexity index is 312. The number of carbonyl (C=O) groups excluding carboxylic acids is 1. The molecule has 4 nitrogen and oxygen atoms in total. The van der Waals surface area contributed by atoms with Crippen LogP contribution in [0.25, 0.3) is 0 Å². The zero-order valence-corrected chi connectivity index (χ0v) is 13.2. The van der Waals surface area contributed by atoms with Gasteiger partial charge in [-0.15, -0.1) is 0 Å². The summed E-state index contributed by atoms with van der Waals surface area (Å²) >= 11 is 0. The Morgan fingerprint density at radius 1 is 1.47 bits per heavy atom. The summed E-state index contributed by atoms with van der Waals surface area (Å²) in [6.45, 7) is 10.0. The predicted molar refractivity (Wildman–Crippen MR) is 77.9 cm³/mol. The molecule has 1 fully saturated rings. The number of methoxy groups -OCH3 is 1. The molecular formula is C15H30N2O2. The van der Waals surface area contributed by atoms with Crippen LogP contribution in [0.15, 0.2) is 0 Å². The van der Waals surface area contributed by atoms with E-state index in [4.69, 9.17) is 10.5 Å².